The third-order valence-electron chi connectivity index (χ3n) is 4.11. The minimum absolute atomic E-state index is 0.0166. The molecule has 128 valence electrons. The second-order valence-corrected chi connectivity index (χ2v) is 6.35. The number of hydrogen-bond donors (Lipinski definition) is 3. The van der Waals surface area contributed by atoms with Crippen LogP contribution in [-0.4, -0.2) is 47.1 Å². The number of fused-ring (bicyclic) bond motifs is 1. The summed E-state index contributed by atoms with van der Waals surface area (Å²) < 4.78 is 7.86. The summed E-state index contributed by atoms with van der Waals surface area (Å²) >= 11 is 0. The smallest absolute Gasteiger partial charge is 0.328 e. The number of ether oxygens (including phenoxy) is 1. The molecule has 24 heavy (non-hydrogen) atoms. The van der Waals surface area contributed by atoms with Crippen LogP contribution in [0.15, 0.2) is 15.9 Å². The Morgan fingerprint density at radius 1 is 1.54 bits per heavy atom. The molecule has 0 spiro atoms. The monoisotopic (exact) mass is 334 g/mol. The Morgan fingerprint density at radius 3 is 2.83 bits per heavy atom. The van der Waals surface area contributed by atoms with Crippen LogP contribution in [0.3, 0.4) is 0 Å². The highest BCUT2D eigenvalue weighted by atomic mass is 16.5. The van der Waals surface area contributed by atoms with Crippen molar-refractivity contribution >= 4 is 11.2 Å². The Labute approximate surface area is 136 Å². The van der Waals surface area contributed by atoms with E-state index in [0.29, 0.717) is 0 Å². The largest absolute Gasteiger partial charge is 0.388 e. The lowest BCUT2D eigenvalue weighted by molar-refractivity contribution is -0.110. The summed E-state index contributed by atoms with van der Waals surface area (Å²) in [6, 6.07) is 0. The molecule has 2 aromatic heterocycles. The van der Waals surface area contributed by atoms with Gasteiger partial charge in [0.1, 0.15) is 12.4 Å². The Balaban J connectivity index is 2.10. The first-order valence-electron chi connectivity index (χ1n) is 7.43. The molecule has 3 rings (SSSR count). The number of H-pyrrole nitrogens is 1. The third-order valence-corrected chi connectivity index (χ3v) is 4.11. The van der Waals surface area contributed by atoms with Gasteiger partial charge in [0.25, 0.3) is 5.56 Å². The lowest BCUT2D eigenvalue weighted by Crippen LogP contribution is -2.36. The molecule has 1 saturated heterocycles. The van der Waals surface area contributed by atoms with Crippen LogP contribution in [0.4, 0.5) is 0 Å². The first-order valence-corrected chi connectivity index (χ1v) is 7.43. The molecule has 0 radical (unpaired) electrons. The van der Waals surface area contributed by atoms with Gasteiger partial charge in [0.2, 0.25) is 0 Å². The quantitative estimate of drug-likeness (QED) is 0.615. The van der Waals surface area contributed by atoms with Crippen molar-refractivity contribution < 1.29 is 14.9 Å². The molecule has 3 N–H and O–H groups in total. The number of terminal acetylenes is 1. The van der Waals surface area contributed by atoms with Crippen LogP contribution in [0, 0.1) is 12.3 Å². The van der Waals surface area contributed by atoms with Gasteiger partial charge in [-0.05, 0) is 13.8 Å². The van der Waals surface area contributed by atoms with Crippen LogP contribution in [0.2, 0.25) is 0 Å². The summed E-state index contributed by atoms with van der Waals surface area (Å²) in [5.41, 5.74) is -2.14. The standard InChI is InChI=1S/C15H18N4O5/c1-4-5-18-10-11(17-14(18)22)16-7-19(12(10)21)13-8(20)6-9(24-13)15(2,3)23/h1,7-9,13,20,23H,5-6H2,2-3H3,(H,17,22). The average Bonchev–Trinajstić information content (AvgIpc) is 3.01. The number of aliphatic hydroxyl groups is 2. The molecule has 9 heteroatoms. The van der Waals surface area contributed by atoms with Crippen LogP contribution >= 0.6 is 0 Å². The highest BCUT2D eigenvalue weighted by molar-refractivity contribution is 5.69. The molecule has 0 amide bonds. The average molecular weight is 334 g/mol. The summed E-state index contributed by atoms with van der Waals surface area (Å²) in [6.45, 7) is 3.04. The van der Waals surface area contributed by atoms with Crippen LogP contribution in [0.5, 0.6) is 0 Å². The first-order chi connectivity index (χ1) is 11.2. The van der Waals surface area contributed by atoms with E-state index in [0.717, 1.165) is 9.13 Å². The van der Waals surface area contributed by atoms with Crippen molar-refractivity contribution in [2.45, 2.75) is 50.8 Å². The van der Waals surface area contributed by atoms with Gasteiger partial charge >= 0.3 is 5.69 Å². The first kappa shape index (κ1) is 16.4. The van der Waals surface area contributed by atoms with Gasteiger partial charge in [0.15, 0.2) is 17.4 Å². The van der Waals surface area contributed by atoms with Gasteiger partial charge in [0.05, 0.1) is 18.2 Å². The molecule has 1 aliphatic rings. The molecular weight excluding hydrogens is 316 g/mol. The van der Waals surface area contributed by atoms with Crippen LogP contribution in [0.25, 0.3) is 11.2 Å². The van der Waals surface area contributed by atoms with E-state index in [1.165, 1.54) is 6.33 Å². The SMILES string of the molecule is C#CCn1c(=O)[nH]c2ncn(C3OC(C(C)(C)O)CC3O)c(=O)c21. The van der Waals surface area contributed by atoms with Crippen LogP contribution in [0.1, 0.15) is 26.5 Å². The zero-order valence-corrected chi connectivity index (χ0v) is 13.3. The highest BCUT2D eigenvalue weighted by Crippen LogP contribution is 2.33. The fraction of sp³-hybridized carbons (Fsp3) is 0.533. The predicted molar refractivity (Wildman–Crippen MR) is 84.3 cm³/mol. The summed E-state index contributed by atoms with van der Waals surface area (Å²) in [7, 11) is 0. The lowest BCUT2D eigenvalue weighted by atomic mass is 9.98. The summed E-state index contributed by atoms with van der Waals surface area (Å²) in [5.74, 6) is 2.31. The van der Waals surface area contributed by atoms with E-state index in [-0.39, 0.29) is 24.1 Å². The third kappa shape index (κ3) is 2.54. The Morgan fingerprint density at radius 2 is 2.25 bits per heavy atom. The summed E-state index contributed by atoms with van der Waals surface area (Å²) in [4.78, 5) is 31.1. The number of rotatable bonds is 3. The van der Waals surface area contributed by atoms with E-state index in [9.17, 15) is 19.8 Å². The maximum Gasteiger partial charge on any atom is 0.328 e. The molecule has 1 aliphatic heterocycles. The van der Waals surface area contributed by atoms with Crippen molar-refractivity contribution in [3.8, 4) is 12.3 Å². The van der Waals surface area contributed by atoms with E-state index < -0.39 is 35.3 Å². The molecule has 3 heterocycles. The summed E-state index contributed by atoms with van der Waals surface area (Å²) in [5, 5.41) is 20.3. The van der Waals surface area contributed by atoms with Gasteiger partial charge in [-0.25, -0.2) is 9.78 Å². The number of aromatic amines is 1. The van der Waals surface area contributed by atoms with Crippen molar-refractivity contribution in [2.75, 3.05) is 0 Å². The molecule has 1 fully saturated rings. The van der Waals surface area contributed by atoms with Crippen molar-refractivity contribution in [1.82, 2.24) is 19.1 Å². The van der Waals surface area contributed by atoms with Crippen LogP contribution in [-0.2, 0) is 11.3 Å². The number of imidazole rings is 1. The molecule has 9 nitrogen and oxygen atoms in total. The molecule has 0 bridgehead atoms. The zero-order valence-electron chi connectivity index (χ0n) is 13.3. The van der Waals surface area contributed by atoms with Crippen molar-refractivity contribution in [3.05, 3.63) is 27.2 Å². The minimum atomic E-state index is -1.17. The van der Waals surface area contributed by atoms with Crippen LogP contribution < -0.4 is 11.2 Å². The topological polar surface area (TPSA) is 122 Å². The summed E-state index contributed by atoms with van der Waals surface area (Å²) in [6.07, 6.45) is 3.96. The fourth-order valence-electron chi connectivity index (χ4n) is 2.84. The number of nitrogens with one attached hydrogen (secondary N) is 1. The van der Waals surface area contributed by atoms with Gasteiger partial charge in [0, 0.05) is 6.42 Å². The van der Waals surface area contributed by atoms with Gasteiger partial charge < -0.3 is 14.9 Å². The fourth-order valence-corrected chi connectivity index (χ4v) is 2.84. The maximum atomic E-state index is 12.7. The molecule has 3 unspecified atom stereocenters. The van der Waals surface area contributed by atoms with E-state index in [1.54, 1.807) is 13.8 Å². The molecule has 0 saturated carbocycles. The second-order valence-electron chi connectivity index (χ2n) is 6.35. The minimum Gasteiger partial charge on any atom is -0.388 e. The highest BCUT2D eigenvalue weighted by Gasteiger charge is 2.42. The Hall–Kier alpha value is -2.41. The van der Waals surface area contributed by atoms with Crippen molar-refractivity contribution in [2.24, 2.45) is 0 Å². The van der Waals surface area contributed by atoms with Crippen molar-refractivity contribution in [1.29, 1.82) is 0 Å². The molecule has 0 aliphatic carbocycles. The van der Waals surface area contributed by atoms with E-state index in [1.807, 2.05) is 0 Å². The normalized spacial score (nSPS) is 24.4. The number of hydrogen-bond acceptors (Lipinski definition) is 6. The number of nitrogens with zero attached hydrogens (tertiary/aromatic N) is 3. The van der Waals surface area contributed by atoms with E-state index in [4.69, 9.17) is 11.2 Å². The Bertz CT molecular complexity index is 926. The molecule has 3 atom stereocenters. The zero-order chi connectivity index (χ0) is 17.6. The van der Waals surface area contributed by atoms with E-state index in [2.05, 4.69) is 15.9 Å². The van der Waals surface area contributed by atoms with Gasteiger partial charge in [-0.1, -0.05) is 5.92 Å². The number of aliphatic hydroxyl groups excluding tert-OH is 1. The lowest BCUT2D eigenvalue weighted by Gasteiger charge is -2.25. The molecule has 2 aromatic rings. The van der Waals surface area contributed by atoms with Gasteiger partial charge in [-0.3, -0.25) is 18.9 Å². The maximum absolute atomic E-state index is 12.7. The molecule has 0 aromatic carbocycles. The van der Waals surface area contributed by atoms with E-state index >= 15 is 0 Å². The molecular formula is C15H18N4O5. The Kier molecular flexibility index (Phi) is 3.83. The predicted octanol–water partition coefficient (Wildman–Crippen LogP) is -1.06. The number of aromatic nitrogens is 4. The van der Waals surface area contributed by atoms with Crippen molar-refractivity contribution in [3.63, 3.8) is 0 Å². The van der Waals surface area contributed by atoms with Gasteiger partial charge in [-0.15, -0.1) is 6.42 Å². The second kappa shape index (κ2) is 5.59. The van der Waals surface area contributed by atoms with Gasteiger partial charge in [-0.2, -0.15) is 0 Å².